The topological polar surface area (TPSA) is 101 Å². The van der Waals surface area contributed by atoms with Gasteiger partial charge in [0.2, 0.25) is 0 Å². The summed E-state index contributed by atoms with van der Waals surface area (Å²) in [5.41, 5.74) is 8.34. The van der Waals surface area contributed by atoms with Crippen LogP contribution in [0.3, 0.4) is 0 Å². The number of nitrogens with zero attached hydrogens (tertiary/aromatic N) is 5. The molecular formula is C21H28N6O2. The van der Waals surface area contributed by atoms with Crippen molar-refractivity contribution >= 4 is 16.9 Å². The van der Waals surface area contributed by atoms with Crippen LogP contribution in [-0.2, 0) is 17.7 Å². The molecule has 1 unspecified atom stereocenters. The van der Waals surface area contributed by atoms with Gasteiger partial charge in [-0.25, -0.2) is 15.0 Å². The Hall–Kier alpha value is -2.74. The first-order chi connectivity index (χ1) is 13.8. The quantitative estimate of drug-likeness (QED) is 0.728. The standard InChI is InChI=1S/C21H28N6O2/c1-21(2,3)11-15-18-19(24-13-23-15)27(17-8-4-5-10-29-17)16(25-18)12-26-9-6-7-14(22)20(26)28/h6-7,9,13,17H,4-5,8,10-12,22H2,1-3H3. The van der Waals surface area contributed by atoms with Crippen molar-refractivity contribution in [3.63, 3.8) is 0 Å². The Kier molecular flexibility index (Phi) is 5.12. The van der Waals surface area contributed by atoms with Gasteiger partial charge in [0.25, 0.3) is 5.56 Å². The fourth-order valence-corrected chi connectivity index (χ4v) is 3.81. The van der Waals surface area contributed by atoms with Crippen molar-refractivity contribution < 1.29 is 4.74 Å². The van der Waals surface area contributed by atoms with Crippen LogP contribution in [0.15, 0.2) is 29.5 Å². The third-order valence-electron chi connectivity index (χ3n) is 5.13. The van der Waals surface area contributed by atoms with Crippen LogP contribution >= 0.6 is 0 Å². The van der Waals surface area contributed by atoms with Crippen molar-refractivity contribution in [3.05, 3.63) is 46.5 Å². The molecule has 1 aliphatic heterocycles. The van der Waals surface area contributed by atoms with Crippen molar-refractivity contribution in [1.29, 1.82) is 0 Å². The largest absolute Gasteiger partial charge is 0.394 e. The van der Waals surface area contributed by atoms with E-state index in [1.165, 1.54) is 0 Å². The van der Waals surface area contributed by atoms with Crippen molar-refractivity contribution in [2.45, 2.75) is 59.2 Å². The van der Waals surface area contributed by atoms with Crippen LogP contribution in [0.4, 0.5) is 5.69 Å². The van der Waals surface area contributed by atoms with Gasteiger partial charge < -0.3 is 15.0 Å². The second-order valence-electron chi connectivity index (χ2n) is 8.85. The third-order valence-corrected chi connectivity index (χ3v) is 5.13. The van der Waals surface area contributed by atoms with E-state index in [4.69, 9.17) is 15.5 Å². The molecule has 154 valence electrons. The molecule has 3 aromatic rings. The molecule has 29 heavy (non-hydrogen) atoms. The lowest BCUT2D eigenvalue weighted by molar-refractivity contribution is -0.0314. The van der Waals surface area contributed by atoms with Crippen LogP contribution in [0.5, 0.6) is 0 Å². The lowest BCUT2D eigenvalue weighted by Crippen LogP contribution is -2.26. The van der Waals surface area contributed by atoms with Gasteiger partial charge in [0, 0.05) is 12.8 Å². The number of hydrogen-bond donors (Lipinski definition) is 1. The number of fused-ring (bicyclic) bond motifs is 1. The van der Waals surface area contributed by atoms with E-state index < -0.39 is 0 Å². The van der Waals surface area contributed by atoms with E-state index in [-0.39, 0.29) is 22.9 Å². The average Bonchev–Trinajstić information content (AvgIpc) is 3.04. The summed E-state index contributed by atoms with van der Waals surface area (Å²) in [5.74, 6) is 0.732. The highest BCUT2D eigenvalue weighted by Gasteiger charge is 2.26. The SMILES string of the molecule is CC(C)(C)Cc1ncnc2c1nc(Cn1cccc(N)c1=O)n2C1CCCCO1. The van der Waals surface area contributed by atoms with Gasteiger partial charge in [0.15, 0.2) is 5.65 Å². The Bertz CT molecular complexity index is 1070. The van der Waals surface area contributed by atoms with Gasteiger partial charge in [-0.15, -0.1) is 0 Å². The molecule has 2 N–H and O–H groups in total. The lowest BCUT2D eigenvalue weighted by atomic mass is 9.90. The molecule has 3 aromatic heterocycles. The molecule has 0 amide bonds. The fourth-order valence-electron chi connectivity index (χ4n) is 3.81. The molecule has 0 bridgehead atoms. The summed E-state index contributed by atoms with van der Waals surface area (Å²) in [6.45, 7) is 7.54. The number of nitrogens with two attached hydrogens (primary N) is 1. The monoisotopic (exact) mass is 396 g/mol. The summed E-state index contributed by atoms with van der Waals surface area (Å²) in [6, 6.07) is 3.38. The van der Waals surface area contributed by atoms with Gasteiger partial charge in [-0.2, -0.15) is 0 Å². The molecule has 1 aliphatic rings. The predicted octanol–water partition coefficient (Wildman–Crippen LogP) is 2.91. The van der Waals surface area contributed by atoms with Crippen LogP contribution in [0.2, 0.25) is 0 Å². The molecule has 1 fully saturated rings. The van der Waals surface area contributed by atoms with Crippen LogP contribution in [0, 0.1) is 5.41 Å². The zero-order valence-electron chi connectivity index (χ0n) is 17.3. The van der Waals surface area contributed by atoms with E-state index in [0.717, 1.165) is 48.4 Å². The molecule has 0 aliphatic carbocycles. The number of pyridine rings is 1. The Balaban J connectivity index is 1.86. The summed E-state index contributed by atoms with van der Waals surface area (Å²) in [6.07, 6.45) is 7.00. The van der Waals surface area contributed by atoms with Gasteiger partial charge in [0.1, 0.15) is 23.9 Å². The van der Waals surface area contributed by atoms with Gasteiger partial charge in [-0.1, -0.05) is 20.8 Å². The normalized spacial score (nSPS) is 17.7. The minimum Gasteiger partial charge on any atom is -0.394 e. The molecular weight excluding hydrogens is 368 g/mol. The van der Waals surface area contributed by atoms with Gasteiger partial charge in [-0.05, 0) is 43.2 Å². The lowest BCUT2D eigenvalue weighted by Gasteiger charge is -2.25. The average molecular weight is 396 g/mol. The first kappa shape index (κ1) is 19.6. The van der Waals surface area contributed by atoms with Crippen molar-refractivity contribution in [2.24, 2.45) is 5.41 Å². The van der Waals surface area contributed by atoms with Crippen molar-refractivity contribution in [2.75, 3.05) is 12.3 Å². The number of rotatable bonds is 4. The zero-order chi connectivity index (χ0) is 20.6. The van der Waals surface area contributed by atoms with Crippen LogP contribution < -0.4 is 11.3 Å². The highest BCUT2D eigenvalue weighted by molar-refractivity contribution is 5.74. The van der Waals surface area contributed by atoms with Gasteiger partial charge in [0.05, 0.1) is 17.9 Å². The third kappa shape index (κ3) is 4.03. The Morgan fingerprint density at radius 3 is 2.83 bits per heavy atom. The molecule has 8 heteroatoms. The van der Waals surface area contributed by atoms with E-state index in [1.54, 1.807) is 29.2 Å². The second-order valence-corrected chi connectivity index (χ2v) is 8.85. The molecule has 0 spiro atoms. The summed E-state index contributed by atoms with van der Waals surface area (Å²) < 4.78 is 9.67. The van der Waals surface area contributed by atoms with Crippen LogP contribution in [0.1, 0.15) is 57.8 Å². The Morgan fingerprint density at radius 1 is 1.28 bits per heavy atom. The summed E-state index contributed by atoms with van der Waals surface area (Å²) in [7, 11) is 0. The van der Waals surface area contributed by atoms with E-state index in [1.807, 2.05) is 4.57 Å². The number of anilines is 1. The maximum Gasteiger partial charge on any atom is 0.274 e. The molecule has 1 atom stereocenters. The minimum absolute atomic E-state index is 0.0668. The fraction of sp³-hybridized carbons (Fsp3) is 0.524. The van der Waals surface area contributed by atoms with Gasteiger partial charge in [-0.3, -0.25) is 9.36 Å². The molecule has 0 aromatic carbocycles. The molecule has 0 radical (unpaired) electrons. The highest BCUT2D eigenvalue weighted by atomic mass is 16.5. The highest BCUT2D eigenvalue weighted by Crippen LogP contribution is 2.30. The van der Waals surface area contributed by atoms with E-state index in [9.17, 15) is 4.79 Å². The van der Waals surface area contributed by atoms with Crippen molar-refractivity contribution in [3.8, 4) is 0 Å². The number of aromatic nitrogens is 5. The summed E-state index contributed by atoms with van der Waals surface area (Å²) in [4.78, 5) is 26.4. The molecule has 4 heterocycles. The second kappa shape index (κ2) is 7.59. The first-order valence-corrected chi connectivity index (χ1v) is 10.1. The maximum absolute atomic E-state index is 12.5. The molecule has 0 saturated carbocycles. The number of imidazole rings is 1. The van der Waals surface area contributed by atoms with Crippen LogP contribution in [0.25, 0.3) is 11.2 Å². The molecule has 8 nitrogen and oxygen atoms in total. The molecule has 1 saturated heterocycles. The Morgan fingerprint density at radius 2 is 2.10 bits per heavy atom. The smallest absolute Gasteiger partial charge is 0.274 e. The van der Waals surface area contributed by atoms with Gasteiger partial charge >= 0.3 is 0 Å². The Labute approximate surface area is 169 Å². The number of hydrogen-bond acceptors (Lipinski definition) is 6. The number of ether oxygens (including phenoxy) is 1. The molecule has 4 rings (SSSR count). The maximum atomic E-state index is 12.5. The van der Waals surface area contributed by atoms with Crippen LogP contribution in [-0.4, -0.2) is 30.7 Å². The van der Waals surface area contributed by atoms with Crippen molar-refractivity contribution in [1.82, 2.24) is 24.1 Å². The summed E-state index contributed by atoms with van der Waals surface area (Å²) >= 11 is 0. The summed E-state index contributed by atoms with van der Waals surface area (Å²) in [5, 5.41) is 0. The minimum atomic E-state index is -0.225. The predicted molar refractivity (Wildman–Crippen MR) is 112 cm³/mol. The van der Waals surface area contributed by atoms with E-state index in [0.29, 0.717) is 13.2 Å². The first-order valence-electron chi connectivity index (χ1n) is 10.1. The van der Waals surface area contributed by atoms with E-state index >= 15 is 0 Å². The zero-order valence-corrected chi connectivity index (χ0v) is 17.3. The number of nitrogen functional groups attached to an aromatic ring is 1. The van der Waals surface area contributed by atoms with E-state index in [2.05, 4.69) is 30.7 Å².